The maximum Gasteiger partial charge on any atom is 0.416 e. The number of fused-ring (bicyclic) bond motifs is 1. The minimum atomic E-state index is -4.47. The number of nitrogens with zero attached hydrogens (tertiary/aromatic N) is 7. The van der Waals surface area contributed by atoms with Crippen molar-refractivity contribution in [3.8, 4) is 28.2 Å². The molecule has 192 valence electrons. The predicted molar refractivity (Wildman–Crippen MR) is 132 cm³/mol. The zero-order valence-electron chi connectivity index (χ0n) is 19.4. The van der Waals surface area contributed by atoms with E-state index in [1.165, 1.54) is 28.4 Å². The fourth-order valence-electron chi connectivity index (χ4n) is 4.43. The Bertz CT molecular complexity index is 1670. The van der Waals surface area contributed by atoms with Crippen molar-refractivity contribution >= 4 is 28.3 Å². The number of thiazole rings is 1. The van der Waals surface area contributed by atoms with Crippen LogP contribution < -0.4 is 0 Å². The molecule has 0 N–H and O–H groups in total. The van der Waals surface area contributed by atoms with E-state index in [1.54, 1.807) is 33.3 Å². The molecule has 1 aromatic carbocycles. The van der Waals surface area contributed by atoms with Crippen LogP contribution in [0, 0.1) is 0 Å². The summed E-state index contributed by atoms with van der Waals surface area (Å²) in [5.74, 6) is -1.18. The second-order valence-electron chi connectivity index (χ2n) is 8.71. The van der Waals surface area contributed by atoms with E-state index in [1.807, 2.05) is 11.6 Å². The summed E-state index contributed by atoms with van der Waals surface area (Å²) in [6, 6.07) is 6.20. The molecule has 5 heterocycles. The number of carbonyl (C=O) groups excluding carboxylic acids is 1. The van der Waals surface area contributed by atoms with Crippen LogP contribution in [-0.2, 0) is 11.0 Å². The van der Waals surface area contributed by atoms with E-state index >= 15 is 0 Å². The Hall–Kier alpha value is -4.39. The Morgan fingerprint density at radius 3 is 2.50 bits per heavy atom. The van der Waals surface area contributed by atoms with E-state index < -0.39 is 23.5 Å². The Morgan fingerprint density at radius 1 is 1.08 bits per heavy atom. The third-order valence-electron chi connectivity index (χ3n) is 6.35. The van der Waals surface area contributed by atoms with Gasteiger partial charge in [-0.2, -0.15) is 23.4 Å². The molecular formula is C25H17F4N7OS. The fourth-order valence-corrected chi connectivity index (χ4v) is 4.95. The van der Waals surface area contributed by atoms with Gasteiger partial charge in [0.1, 0.15) is 11.2 Å². The molecular weight excluding hydrogens is 522 g/mol. The molecule has 0 unspecified atom stereocenters. The molecule has 1 fully saturated rings. The predicted octanol–water partition coefficient (Wildman–Crippen LogP) is 5.29. The van der Waals surface area contributed by atoms with Crippen LogP contribution in [0.2, 0.25) is 0 Å². The van der Waals surface area contributed by atoms with Gasteiger partial charge in [-0.1, -0.05) is 18.7 Å². The highest BCUT2D eigenvalue weighted by molar-refractivity contribution is 7.07. The molecule has 6 rings (SSSR count). The van der Waals surface area contributed by atoms with Crippen molar-refractivity contribution in [1.82, 2.24) is 34.4 Å². The molecule has 0 radical (unpaired) electrons. The molecule has 0 bridgehead atoms. The standard InChI is InChI=1S/C25H17F4N7OS/c1-14(26)24(37)34-10-18(11-34)36-23-19(16-8-32-35(9-16)20-12-38-13-31-20)6-7-30-22(23)21(33-36)15-2-4-17(5-3-15)25(27,28)29/h2-9,12-13,18H,1,10-11H2. The Morgan fingerprint density at radius 2 is 1.84 bits per heavy atom. The lowest BCUT2D eigenvalue weighted by molar-refractivity contribution is -0.137. The summed E-state index contributed by atoms with van der Waals surface area (Å²) in [6.45, 7) is 3.45. The Labute approximate surface area is 216 Å². The van der Waals surface area contributed by atoms with E-state index in [4.69, 9.17) is 5.10 Å². The van der Waals surface area contributed by atoms with E-state index in [0.717, 1.165) is 23.3 Å². The van der Waals surface area contributed by atoms with Gasteiger partial charge in [0.05, 0.1) is 28.8 Å². The molecule has 1 amide bonds. The Kier molecular flexibility index (Phi) is 5.60. The first kappa shape index (κ1) is 24.0. The molecule has 38 heavy (non-hydrogen) atoms. The van der Waals surface area contributed by atoms with Crippen LogP contribution in [0.5, 0.6) is 0 Å². The highest BCUT2D eigenvalue weighted by atomic mass is 32.1. The number of hydrogen-bond acceptors (Lipinski definition) is 6. The summed E-state index contributed by atoms with van der Waals surface area (Å²) >= 11 is 1.44. The van der Waals surface area contributed by atoms with Gasteiger partial charge in [-0.15, -0.1) is 11.3 Å². The number of alkyl halides is 3. The van der Waals surface area contributed by atoms with Gasteiger partial charge in [-0.05, 0) is 18.2 Å². The monoisotopic (exact) mass is 539 g/mol. The molecule has 1 aliphatic rings. The van der Waals surface area contributed by atoms with Crippen molar-refractivity contribution in [1.29, 1.82) is 0 Å². The number of benzene rings is 1. The van der Waals surface area contributed by atoms with Gasteiger partial charge in [-0.25, -0.2) is 14.1 Å². The average Bonchev–Trinajstić information content (AvgIpc) is 3.62. The summed E-state index contributed by atoms with van der Waals surface area (Å²) in [5.41, 5.74) is 4.35. The Balaban J connectivity index is 1.47. The number of halogens is 4. The lowest BCUT2D eigenvalue weighted by Gasteiger charge is -2.39. The topological polar surface area (TPSA) is 81.7 Å². The number of carbonyl (C=O) groups is 1. The van der Waals surface area contributed by atoms with Gasteiger partial charge in [-0.3, -0.25) is 14.5 Å². The van der Waals surface area contributed by atoms with Crippen LogP contribution in [0.15, 0.2) is 72.2 Å². The lowest BCUT2D eigenvalue weighted by atomic mass is 10.0. The van der Waals surface area contributed by atoms with Crippen molar-refractivity contribution in [2.45, 2.75) is 12.2 Å². The van der Waals surface area contributed by atoms with E-state index in [-0.39, 0.29) is 19.1 Å². The van der Waals surface area contributed by atoms with Crippen molar-refractivity contribution < 1.29 is 22.4 Å². The average molecular weight is 540 g/mol. The number of rotatable bonds is 5. The summed E-state index contributed by atoms with van der Waals surface area (Å²) in [6.07, 6.45) is 0.613. The van der Waals surface area contributed by atoms with Crippen molar-refractivity contribution in [3.05, 3.63) is 77.8 Å². The third kappa shape index (κ3) is 4.04. The van der Waals surface area contributed by atoms with Gasteiger partial charge in [0, 0.05) is 47.6 Å². The van der Waals surface area contributed by atoms with Gasteiger partial charge in [0.2, 0.25) is 0 Å². The van der Waals surface area contributed by atoms with Gasteiger partial charge in [0.15, 0.2) is 11.6 Å². The molecule has 0 aliphatic carbocycles. The third-order valence-corrected chi connectivity index (χ3v) is 6.92. The number of likely N-dealkylation sites (tertiary alicyclic amines) is 1. The molecule has 13 heteroatoms. The molecule has 0 saturated carbocycles. The quantitative estimate of drug-likeness (QED) is 0.224. The minimum Gasteiger partial charge on any atom is -0.332 e. The number of pyridine rings is 1. The summed E-state index contributed by atoms with van der Waals surface area (Å²) < 4.78 is 56.1. The largest absolute Gasteiger partial charge is 0.416 e. The smallest absolute Gasteiger partial charge is 0.332 e. The van der Waals surface area contributed by atoms with Gasteiger partial charge < -0.3 is 4.90 Å². The molecule has 0 atom stereocenters. The number of hydrogen-bond donors (Lipinski definition) is 0. The van der Waals surface area contributed by atoms with Crippen molar-refractivity contribution in [2.75, 3.05) is 13.1 Å². The number of amides is 1. The van der Waals surface area contributed by atoms with Gasteiger partial charge >= 0.3 is 6.18 Å². The fraction of sp³-hybridized carbons (Fsp3) is 0.160. The molecule has 0 spiro atoms. The van der Waals surface area contributed by atoms with E-state index in [9.17, 15) is 22.4 Å². The van der Waals surface area contributed by atoms with E-state index in [0.29, 0.717) is 28.1 Å². The zero-order chi connectivity index (χ0) is 26.6. The highest BCUT2D eigenvalue weighted by Gasteiger charge is 2.36. The van der Waals surface area contributed by atoms with Crippen LogP contribution in [0.25, 0.3) is 39.2 Å². The van der Waals surface area contributed by atoms with Gasteiger partial charge in [0.25, 0.3) is 5.91 Å². The first-order chi connectivity index (χ1) is 18.2. The molecule has 1 saturated heterocycles. The van der Waals surface area contributed by atoms with Crippen molar-refractivity contribution in [2.24, 2.45) is 0 Å². The van der Waals surface area contributed by atoms with Crippen LogP contribution in [0.3, 0.4) is 0 Å². The molecule has 1 aliphatic heterocycles. The minimum absolute atomic E-state index is 0.192. The zero-order valence-corrected chi connectivity index (χ0v) is 20.2. The maximum absolute atomic E-state index is 13.4. The summed E-state index contributed by atoms with van der Waals surface area (Å²) in [7, 11) is 0. The van der Waals surface area contributed by atoms with Crippen LogP contribution in [-0.4, -0.2) is 53.4 Å². The first-order valence-corrected chi connectivity index (χ1v) is 12.3. The van der Waals surface area contributed by atoms with Crippen LogP contribution in [0.1, 0.15) is 11.6 Å². The SMILES string of the molecule is C=C(F)C(=O)N1CC(n2nc(-c3ccc(C(F)(F)F)cc3)c3nccc(-c4cnn(-c5cscn5)c4)c32)C1. The lowest BCUT2D eigenvalue weighted by Crippen LogP contribution is -2.51. The normalized spacial score (nSPS) is 14.2. The number of aromatic nitrogens is 6. The van der Waals surface area contributed by atoms with E-state index in [2.05, 4.69) is 21.6 Å². The second-order valence-corrected chi connectivity index (χ2v) is 9.43. The maximum atomic E-state index is 13.4. The highest BCUT2D eigenvalue weighted by Crippen LogP contribution is 2.38. The second kappa shape index (κ2) is 8.87. The van der Waals surface area contributed by atoms with Crippen molar-refractivity contribution in [3.63, 3.8) is 0 Å². The summed E-state index contributed by atoms with van der Waals surface area (Å²) in [5, 5.41) is 11.0. The summed E-state index contributed by atoms with van der Waals surface area (Å²) in [4.78, 5) is 22.1. The molecule has 5 aromatic rings. The van der Waals surface area contributed by atoms with Crippen LogP contribution in [0.4, 0.5) is 17.6 Å². The first-order valence-electron chi connectivity index (χ1n) is 11.3. The van der Waals surface area contributed by atoms with Crippen LogP contribution >= 0.6 is 11.3 Å². The molecule has 4 aromatic heterocycles. The molecule has 8 nitrogen and oxygen atoms in total.